The van der Waals surface area contributed by atoms with Crippen molar-refractivity contribution in [1.82, 2.24) is 5.32 Å². The number of para-hydroxylation sites is 1. The van der Waals surface area contributed by atoms with Gasteiger partial charge in [0, 0.05) is 12.1 Å². The lowest BCUT2D eigenvalue weighted by Crippen LogP contribution is -2.47. The lowest BCUT2D eigenvalue weighted by atomic mass is 10.0. The fourth-order valence-electron chi connectivity index (χ4n) is 2.56. The molecule has 0 fully saturated rings. The summed E-state index contributed by atoms with van der Waals surface area (Å²) >= 11 is 4.08. The Morgan fingerprint density at radius 1 is 1.14 bits per heavy atom. The number of alkyl carbamates (subject to hydrolysis) is 1. The van der Waals surface area contributed by atoms with Gasteiger partial charge in [0.2, 0.25) is 5.91 Å². The second-order valence-electron chi connectivity index (χ2n) is 7.62. The van der Waals surface area contributed by atoms with Crippen LogP contribution in [0, 0.1) is 14.1 Å². The normalized spacial score (nSPS) is 12.2. The number of aryl methyl sites for hydroxylation is 1. The minimum Gasteiger partial charge on any atom is -0.506 e. The van der Waals surface area contributed by atoms with Gasteiger partial charge in [-0.15, -0.1) is 0 Å². The summed E-state index contributed by atoms with van der Waals surface area (Å²) in [7, 11) is 0. The van der Waals surface area contributed by atoms with Crippen LogP contribution in [-0.4, -0.2) is 28.7 Å². The van der Waals surface area contributed by atoms with Crippen molar-refractivity contribution in [2.45, 2.75) is 45.8 Å². The van der Waals surface area contributed by atoms with Gasteiger partial charge in [0.1, 0.15) is 17.4 Å². The van der Waals surface area contributed by atoms with Crippen molar-refractivity contribution in [3.8, 4) is 5.75 Å². The molecule has 0 heterocycles. The molecule has 0 unspecified atom stereocenters. The molecular formula is C21H24I2N2O4. The highest BCUT2D eigenvalue weighted by Gasteiger charge is 2.25. The molecule has 29 heavy (non-hydrogen) atoms. The average molecular weight is 622 g/mol. The Hall–Kier alpha value is -1.56. The SMILES string of the molecule is Cc1ccccc1NC(=O)[C@H](Cc1cc(I)c(O)c(I)c1)NC(=O)OC(C)(C)C. The highest BCUT2D eigenvalue weighted by Crippen LogP contribution is 2.28. The van der Waals surface area contributed by atoms with Gasteiger partial charge in [-0.2, -0.15) is 0 Å². The third-order valence-corrected chi connectivity index (χ3v) is 5.57. The molecule has 0 radical (unpaired) electrons. The summed E-state index contributed by atoms with van der Waals surface area (Å²) in [4.78, 5) is 25.3. The maximum Gasteiger partial charge on any atom is 0.408 e. The van der Waals surface area contributed by atoms with E-state index in [1.165, 1.54) is 0 Å². The number of halogens is 2. The van der Waals surface area contributed by atoms with Crippen LogP contribution in [0.5, 0.6) is 5.75 Å². The van der Waals surface area contributed by atoms with Gasteiger partial charge >= 0.3 is 6.09 Å². The van der Waals surface area contributed by atoms with Gasteiger partial charge in [0.05, 0.1) is 7.14 Å². The first-order chi connectivity index (χ1) is 13.5. The van der Waals surface area contributed by atoms with Crippen LogP contribution in [-0.2, 0) is 16.0 Å². The fraction of sp³-hybridized carbons (Fsp3) is 0.333. The van der Waals surface area contributed by atoms with E-state index in [-0.39, 0.29) is 18.1 Å². The summed E-state index contributed by atoms with van der Waals surface area (Å²) in [5.41, 5.74) is 1.75. The van der Waals surface area contributed by atoms with E-state index in [0.29, 0.717) is 12.8 Å². The van der Waals surface area contributed by atoms with Crippen LogP contribution >= 0.6 is 45.2 Å². The van der Waals surface area contributed by atoms with Gasteiger partial charge in [-0.1, -0.05) is 18.2 Å². The van der Waals surface area contributed by atoms with Crippen LogP contribution in [0.2, 0.25) is 0 Å². The minimum absolute atomic E-state index is 0.205. The van der Waals surface area contributed by atoms with Crippen molar-refractivity contribution >= 4 is 62.9 Å². The zero-order valence-electron chi connectivity index (χ0n) is 16.7. The summed E-state index contributed by atoms with van der Waals surface area (Å²) in [6.07, 6.45) is -0.408. The molecule has 6 nitrogen and oxygen atoms in total. The molecular weight excluding hydrogens is 598 g/mol. The number of nitrogens with one attached hydrogen (secondary N) is 2. The van der Waals surface area contributed by atoms with E-state index in [1.54, 1.807) is 32.9 Å². The maximum absolute atomic E-state index is 13.0. The molecule has 1 atom stereocenters. The van der Waals surface area contributed by atoms with Crippen LogP contribution < -0.4 is 10.6 Å². The van der Waals surface area contributed by atoms with Crippen LogP contribution in [0.25, 0.3) is 0 Å². The van der Waals surface area contributed by atoms with Crippen molar-refractivity contribution in [3.63, 3.8) is 0 Å². The summed E-state index contributed by atoms with van der Waals surface area (Å²) in [5.74, 6) is -0.140. The third kappa shape index (κ3) is 7.32. The highest BCUT2D eigenvalue weighted by atomic mass is 127. The highest BCUT2D eigenvalue weighted by molar-refractivity contribution is 14.1. The number of hydrogen-bond acceptors (Lipinski definition) is 4. The maximum atomic E-state index is 13.0. The Labute approximate surface area is 198 Å². The largest absolute Gasteiger partial charge is 0.506 e. The number of carbonyl (C=O) groups is 2. The van der Waals surface area contributed by atoms with Crippen molar-refractivity contribution < 1.29 is 19.4 Å². The quantitative estimate of drug-likeness (QED) is 0.411. The van der Waals surface area contributed by atoms with E-state index in [4.69, 9.17) is 4.74 Å². The minimum atomic E-state index is -0.847. The van der Waals surface area contributed by atoms with Gasteiger partial charge in [-0.3, -0.25) is 4.79 Å². The number of amides is 2. The van der Waals surface area contributed by atoms with Crippen LogP contribution in [0.1, 0.15) is 31.9 Å². The number of phenols is 1. The van der Waals surface area contributed by atoms with Gasteiger partial charge < -0.3 is 20.5 Å². The van der Waals surface area contributed by atoms with E-state index in [1.807, 2.05) is 76.4 Å². The first-order valence-corrected chi connectivity index (χ1v) is 11.1. The number of hydrogen-bond donors (Lipinski definition) is 3. The van der Waals surface area contributed by atoms with E-state index in [0.717, 1.165) is 11.1 Å². The molecule has 156 valence electrons. The van der Waals surface area contributed by atoms with Gasteiger partial charge in [-0.05, 0) is 102 Å². The zero-order chi connectivity index (χ0) is 21.8. The Kier molecular flexibility index (Phi) is 8.15. The number of ether oxygens (including phenoxy) is 1. The number of carbonyl (C=O) groups excluding carboxylic acids is 2. The molecule has 0 aliphatic carbocycles. The van der Waals surface area contributed by atoms with E-state index >= 15 is 0 Å². The molecule has 2 aromatic carbocycles. The van der Waals surface area contributed by atoms with Crippen LogP contribution in [0.4, 0.5) is 10.5 Å². The number of benzene rings is 2. The third-order valence-electron chi connectivity index (χ3n) is 3.93. The van der Waals surface area contributed by atoms with Crippen molar-refractivity contribution in [2.24, 2.45) is 0 Å². The molecule has 0 aromatic heterocycles. The van der Waals surface area contributed by atoms with Gasteiger partial charge in [-0.25, -0.2) is 4.79 Å². The number of anilines is 1. The zero-order valence-corrected chi connectivity index (χ0v) is 21.0. The monoisotopic (exact) mass is 622 g/mol. The van der Waals surface area contributed by atoms with Crippen LogP contribution in [0.3, 0.4) is 0 Å². The first kappa shape index (κ1) is 23.7. The van der Waals surface area contributed by atoms with E-state index < -0.39 is 17.7 Å². The Balaban J connectivity index is 2.26. The second-order valence-corrected chi connectivity index (χ2v) is 9.94. The van der Waals surface area contributed by atoms with Crippen molar-refractivity contribution in [2.75, 3.05) is 5.32 Å². The molecule has 0 aliphatic rings. The van der Waals surface area contributed by atoms with E-state index in [2.05, 4.69) is 10.6 Å². The van der Waals surface area contributed by atoms with Gasteiger partial charge in [0.15, 0.2) is 0 Å². The summed E-state index contributed by atoms with van der Waals surface area (Å²) in [5, 5.41) is 15.5. The Morgan fingerprint density at radius 3 is 2.28 bits per heavy atom. The molecule has 0 aliphatic heterocycles. The number of aromatic hydroxyl groups is 1. The molecule has 3 N–H and O–H groups in total. The summed E-state index contributed by atoms with van der Waals surface area (Å²) in [6.45, 7) is 7.19. The standard InChI is InChI=1S/C21H24I2N2O4/c1-12-7-5-6-8-16(12)24-19(27)17(25-20(28)29-21(2,3)4)11-13-9-14(22)18(26)15(23)10-13/h5-10,17,26H,11H2,1-4H3,(H,24,27)(H,25,28)/t17-/m0/s1. The molecule has 0 spiro atoms. The van der Waals surface area contributed by atoms with Crippen molar-refractivity contribution in [1.29, 1.82) is 0 Å². The number of rotatable bonds is 5. The predicted molar refractivity (Wildman–Crippen MR) is 130 cm³/mol. The van der Waals surface area contributed by atoms with Crippen LogP contribution in [0.15, 0.2) is 36.4 Å². The van der Waals surface area contributed by atoms with Crippen molar-refractivity contribution in [3.05, 3.63) is 54.7 Å². The summed E-state index contributed by atoms with van der Waals surface area (Å²) < 4.78 is 6.68. The smallest absolute Gasteiger partial charge is 0.408 e. The average Bonchev–Trinajstić information content (AvgIpc) is 2.59. The fourth-order valence-corrected chi connectivity index (χ4v) is 4.46. The first-order valence-electron chi connectivity index (χ1n) is 8.99. The molecule has 0 bridgehead atoms. The van der Waals surface area contributed by atoms with E-state index in [9.17, 15) is 14.7 Å². The molecule has 0 saturated heterocycles. The Bertz CT molecular complexity index is 887. The predicted octanol–water partition coefficient (Wildman–Crippen LogP) is 4.98. The topological polar surface area (TPSA) is 87.7 Å². The molecule has 8 heteroatoms. The lowest BCUT2D eigenvalue weighted by molar-refractivity contribution is -0.118. The second kappa shape index (κ2) is 9.96. The number of phenolic OH excluding ortho intramolecular Hbond substituents is 1. The van der Waals surface area contributed by atoms with Gasteiger partial charge in [0.25, 0.3) is 0 Å². The molecule has 2 aromatic rings. The Morgan fingerprint density at radius 2 is 1.72 bits per heavy atom. The molecule has 0 saturated carbocycles. The molecule has 2 amide bonds. The molecule has 2 rings (SSSR count). The summed E-state index contributed by atoms with van der Waals surface area (Å²) in [6, 6.07) is 10.2. The lowest BCUT2D eigenvalue weighted by Gasteiger charge is -2.24.